The van der Waals surface area contributed by atoms with Crippen molar-refractivity contribution in [2.24, 2.45) is 0 Å². The maximum Gasteiger partial charge on any atom is 0.333 e. The molecule has 0 bridgehead atoms. The van der Waals surface area contributed by atoms with E-state index in [1.54, 1.807) is 0 Å². The molecule has 0 fully saturated rings. The fraction of sp³-hybridized carbons (Fsp3) is 0.480. The number of anilines is 1. The van der Waals surface area contributed by atoms with E-state index in [9.17, 15) is 4.79 Å². The first-order chi connectivity index (χ1) is 15.1. The maximum absolute atomic E-state index is 11.0. The summed E-state index contributed by atoms with van der Waals surface area (Å²) in [5.41, 5.74) is 2.13. The van der Waals surface area contributed by atoms with Crippen LogP contribution in [0.15, 0.2) is 48.5 Å². The minimum absolute atomic E-state index is 0.327. The van der Waals surface area contributed by atoms with Crippen LogP contribution in [0.3, 0.4) is 0 Å². The Kier molecular flexibility index (Phi) is 10.7. The molecule has 2 aromatic rings. The number of ether oxygens (including phenoxy) is 3. The molecular weight excluding hydrogens is 394 g/mol. The second kappa shape index (κ2) is 13.5. The fourth-order valence-corrected chi connectivity index (χ4v) is 3.31. The van der Waals surface area contributed by atoms with E-state index in [1.807, 2.05) is 36.4 Å². The van der Waals surface area contributed by atoms with E-state index in [1.165, 1.54) is 12.8 Å². The van der Waals surface area contributed by atoms with Crippen molar-refractivity contribution in [3.63, 3.8) is 0 Å². The summed E-state index contributed by atoms with van der Waals surface area (Å²) in [5, 5.41) is 9.06. The van der Waals surface area contributed by atoms with E-state index in [0.29, 0.717) is 19.6 Å². The van der Waals surface area contributed by atoms with Crippen LogP contribution in [0.2, 0.25) is 0 Å². The highest BCUT2D eigenvalue weighted by Crippen LogP contribution is 2.20. The van der Waals surface area contributed by atoms with Gasteiger partial charge in [0.2, 0.25) is 0 Å². The molecule has 0 saturated heterocycles. The maximum atomic E-state index is 11.0. The number of nitrogens with zero attached hydrogens (tertiary/aromatic N) is 1. The van der Waals surface area contributed by atoms with Crippen LogP contribution >= 0.6 is 0 Å². The first kappa shape index (κ1) is 24.5. The van der Waals surface area contributed by atoms with Crippen molar-refractivity contribution in [2.75, 3.05) is 38.3 Å². The van der Waals surface area contributed by atoms with Gasteiger partial charge in [-0.25, -0.2) is 4.79 Å². The molecule has 0 amide bonds. The number of hydrogen-bond acceptors (Lipinski definition) is 5. The molecule has 0 heterocycles. The van der Waals surface area contributed by atoms with Gasteiger partial charge in [0.15, 0.2) is 6.10 Å². The second-order valence-corrected chi connectivity index (χ2v) is 7.44. The van der Waals surface area contributed by atoms with Crippen LogP contribution in [-0.4, -0.2) is 50.6 Å². The summed E-state index contributed by atoms with van der Waals surface area (Å²) in [5.74, 6) is 0.660. The van der Waals surface area contributed by atoms with Crippen LogP contribution in [0, 0.1) is 0 Å². The third-order valence-corrected chi connectivity index (χ3v) is 4.92. The van der Waals surface area contributed by atoms with Crippen molar-refractivity contribution < 1.29 is 24.1 Å². The number of benzene rings is 2. The van der Waals surface area contributed by atoms with Crippen LogP contribution in [-0.2, 0) is 16.0 Å². The molecule has 6 nitrogen and oxygen atoms in total. The predicted octanol–water partition coefficient (Wildman–Crippen LogP) is 4.80. The van der Waals surface area contributed by atoms with Gasteiger partial charge in [0.05, 0.1) is 13.2 Å². The lowest BCUT2D eigenvalue weighted by molar-refractivity contribution is -0.148. The average Bonchev–Trinajstić information content (AvgIpc) is 2.78. The summed E-state index contributed by atoms with van der Waals surface area (Å²) in [6, 6.07) is 15.7. The summed E-state index contributed by atoms with van der Waals surface area (Å²) < 4.78 is 16.5. The average molecular weight is 430 g/mol. The molecule has 1 unspecified atom stereocenters. The molecule has 1 N–H and O–H groups in total. The summed E-state index contributed by atoms with van der Waals surface area (Å²) in [6.07, 6.45) is 2.53. The Morgan fingerprint density at radius 2 is 1.42 bits per heavy atom. The van der Waals surface area contributed by atoms with Crippen molar-refractivity contribution in [1.29, 1.82) is 0 Å². The lowest BCUT2D eigenvalue weighted by Crippen LogP contribution is -2.24. The van der Waals surface area contributed by atoms with Gasteiger partial charge < -0.3 is 24.2 Å². The van der Waals surface area contributed by atoms with Crippen molar-refractivity contribution in [2.45, 2.75) is 45.6 Å². The normalized spacial score (nSPS) is 11.7. The van der Waals surface area contributed by atoms with Crippen LogP contribution in [0.4, 0.5) is 5.69 Å². The molecule has 0 aromatic heterocycles. The molecule has 170 valence electrons. The molecule has 0 aliphatic rings. The largest absolute Gasteiger partial charge is 0.493 e. The molecule has 0 saturated carbocycles. The number of carboxylic acids is 1. The van der Waals surface area contributed by atoms with Gasteiger partial charge in [0, 0.05) is 38.7 Å². The van der Waals surface area contributed by atoms with Gasteiger partial charge in [-0.1, -0.05) is 26.0 Å². The number of carbonyl (C=O) groups is 1. The van der Waals surface area contributed by atoms with Crippen LogP contribution in [0.1, 0.15) is 38.7 Å². The summed E-state index contributed by atoms with van der Waals surface area (Å²) >= 11 is 0. The summed E-state index contributed by atoms with van der Waals surface area (Å²) in [4.78, 5) is 13.4. The molecule has 31 heavy (non-hydrogen) atoms. The van der Waals surface area contributed by atoms with E-state index in [4.69, 9.17) is 19.3 Å². The number of aliphatic carboxylic acids is 1. The van der Waals surface area contributed by atoms with E-state index in [0.717, 1.165) is 49.4 Å². The smallest absolute Gasteiger partial charge is 0.333 e. The van der Waals surface area contributed by atoms with Gasteiger partial charge in [-0.3, -0.25) is 0 Å². The minimum atomic E-state index is -0.961. The van der Waals surface area contributed by atoms with Gasteiger partial charge in [-0.2, -0.15) is 0 Å². The Morgan fingerprint density at radius 1 is 0.903 bits per heavy atom. The molecular formula is C25H35NO5. The lowest BCUT2D eigenvalue weighted by atomic mass is 10.1. The zero-order chi connectivity index (χ0) is 22.5. The van der Waals surface area contributed by atoms with E-state index < -0.39 is 12.1 Å². The van der Waals surface area contributed by atoms with Crippen LogP contribution in [0.5, 0.6) is 11.5 Å². The number of hydrogen-bond donors (Lipinski definition) is 1. The first-order valence-electron chi connectivity index (χ1n) is 11.0. The standard InChI is InChI=1S/C25H35NO5/c1-4-15-26(16-5-2)21-9-13-23(14-10-21)31-18-6-17-30-22-11-7-20(8-12-22)19-24(29-3)25(27)28/h7-14,24H,4-6,15-19H2,1-3H3,(H,27,28). The monoisotopic (exact) mass is 429 g/mol. The number of carboxylic acid groups (broad SMARTS) is 1. The SMILES string of the molecule is CCCN(CCC)c1ccc(OCCCOc2ccc(CC(OC)C(=O)O)cc2)cc1. The van der Waals surface area contributed by atoms with Crippen molar-refractivity contribution >= 4 is 11.7 Å². The lowest BCUT2D eigenvalue weighted by Gasteiger charge is -2.23. The van der Waals surface area contributed by atoms with Crippen LogP contribution < -0.4 is 14.4 Å². The van der Waals surface area contributed by atoms with E-state index in [2.05, 4.69) is 30.9 Å². The summed E-state index contributed by atoms with van der Waals surface area (Å²) in [6.45, 7) is 7.67. The highest BCUT2D eigenvalue weighted by Gasteiger charge is 2.16. The Hall–Kier alpha value is -2.73. The fourth-order valence-electron chi connectivity index (χ4n) is 3.31. The topological polar surface area (TPSA) is 68.2 Å². The van der Waals surface area contributed by atoms with Gasteiger partial charge in [-0.05, 0) is 54.8 Å². The Bertz CT molecular complexity index is 754. The zero-order valence-electron chi connectivity index (χ0n) is 18.9. The van der Waals surface area contributed by atoms with E-state index in [-0.39, 0.29) is 0 Å². The van der Waals surface area contributed by atoms with Gasteiger partial charge in [0.1, 0.15) is 11.5 Å². The van der Waals surface area contributed by atoms with Crippen molar-refractivity contribution in [3.05, 3.63) is 54.1 Å². The van der Waals surface area contributed by atoms with Crippen molar-refractivity contribution in [3.8, 4) is 11.5 Å². The molecule has 6 heteroatoms. The Labute approximate surface area is 185 Å². The molecule has 0 aliphatic carbocycles. The number of rotatable bonds is 15. The second-order valence-electron chi connectivity index (χ2n) is 7.44. The first-order valence-corrected chi connectivity index (χ1v) is 11.0. The highest BCUT2D eigenvalue weighted by atomic mass is 16.5. The van der Waals surface area contributed by atoms with Gasteiger partial charge in [0.25, 0.3) is 0 Å². The molecule has 1 atom stereocenters. The molecule has 2 aromatic carbocycles. The highest BCUT2D eigenvalue weighted by molar-refractivity contribution is 5.72. The Morgan fingerprint density at radius 3 is 1.87 bits per heavy atom. The van der Waals surface area contributed by atoms with Crippen molar-refractivity contribution in [1.82, 2.24) is 0 Å². The number of methoxy groups -OCH3 is 1. The van der Waals surface area contributed by atoms with Crippen LogP contribution in [0.25, 0.3) is 0 Å². The zero-order valence-corrected chi connectivity index (χ0v) is 18.9. The van der Waals surface area contributed by atoms with E-state index >= 15 is 0 Å². The third-order valence-electron chi connectivity index (χ3n) is 4.92. The molecule has 0 spiro atoms. The van der Waals surface area contributed by atoms with Gasteiger partial charge >= 0.3 is 5.97 Å². The third kappa shape index (κ3) is 8.50. The summed E-state index contributed by atoms with van der Waals surface area (Å²) in [7, 11) is 1.40. The van der Waals surface area contributed by atoms with Gasteiger partial charge in [-0.15, -0.1) is 0 Å². The molecule has 0 radical (unpaired) electrons. The minimum Gasteiger partial charge on any atom is -0.493 e. The predicted molar refractivity (Wildman–Crippen MR) is 123 cm³/mol. The molecule has 2 rings (SSSR count). The Balaban J connectivity index is 1.70. The quantitative estimate of drug-likeness (QED) is 0.410. The molecule has 0 aliphatic heterocycles.